The molecule has 0 amide bonds. The summed E-state index contributed by atoms with van der Waals surface area (Å²) in [7, 11) is 0. The van der Waals surface area contributed by atoms with E-state index in [-0.39, 0.29) is 40.2 Å². The van der Waals surface area contributed by atoms with Crippen molar-refractivity contribution in [1.82, 2.24) is 0 Å². The maximum Gasteiger partial charge on any atom is 2.00 e. The van der Waals surface area contributed by atoms with E-state index >= 15 is 0 Å². The summed E-state index contributed by atoms with van der Waals surface area (Å²) in [6, 6.07) is 52.2. The average Bonchev–Trinajstić information content (AvgIpc) is 3.58. The van der Waals surface area contributed by atoms with E-state index in [0.29, 0.717) is 33.4 Å². The Labute approximate surface area is 307 Å². The molecule has 6 aromatic carbocycles. The number of para-hydroxylation sites is 2. The first-order valence-corrected chi connectivity index (χ1v) is 16.3. The molecule has 0 saturated heterocycles. The Balaban J connectivity index is 0.000000172. The number of hydrogen-bond acceptors (Lipinski definition) is 2. The molecule has 253 valence electrons. The van der Waals surface area contributed by atoms with E-state index < -0.39 is 12.1 Å². The van der Waals surface area contributed by atoms with Crippen LogP contribution in [0.3, 0.4) is 0 Å². The summed E-state index contributed by atoms with van der Waals surface area (Å²) < 4.78 is 0. The van der Waals surface area contributed by atoms with Crippen molar-refractivity contribution in [2.45, 2.75) is 12.1 Å². The minimum Gasteiger partial charge on any atom is -0.674 e. The van der Waals surface area contributed by atoms with Crippen molar-refractivity contribution in [3.05, 3.63) is 225 Å². The zero-order valence-corrected chi connectivity index (χ0v) is 28.3. The van der Waals surface area contributed by atoms with Gasteiger partial charge in [-0.05, 0) is 12.1 Å². The summed E-state index contributed by atoms with van der Waals surface area (Å²) in [6.07, 6.45) is 0. The molecular formula is C44H34CuN2O4+2. The largest absolute Gasteiger partial charge is 2.00 e. The monoisotopic (exact) mass is 717 g/mol. The summed E-state index contributed by atoms with van der Waals surface area (Å²) in [5.41, 5.74) is 6.84. The molecule has 0 aromatic heterocycles. The van der Waals surface area contributed by atoms with Crippen LogP contribution in [0.1, 0.15) is 55.1 Å². The van der Waals surface area contributed by atoms with E-state index in [0.717, 1.165) is 22.5 Å². The van der Waals surface area contributed by atoms with Gasteiger partial charge in [-0.15, -0.1) is 11.4 Å². The predicted octanol–water partition coefficient (Wildman–Crippen LogP) is 9.53. The van der Waals surface area contributed by atoms with Crippen LogP contribution in [0.4, 0.5) is 11.4 Å². The van der Waals surface area contributed by atoms with Gasteiger partial charge in [-0.25, -0.2) is 0 Å². The van der Waals surface area contributed by atoms with Crippen molar-refractivity contribution in [2.75, 3.05) is 0 Å². The van der Waals surface area contributed by atoms with Gasteiger partial charge in [0.1, 0.15) is 0 Å². The number of carbonyl (C=O) groups is 2. The smallest absolute Gasteiger partial charge is 0.674 e. The first-order valence-electron chi connectivity index (χ1n) is 16.3. The van der Waals surface area contributed by atoms with Gasteiger partial charge in [-0.1, -0.05) is 181 Å². The number of ketones is 2. The van der Waals surface area contributed by atoms with E-state index in [2.05, 4.69) is 0 Å². The third-order valence-electron chi connectivity index (χ3n) is 8.76. The van der Waals surface area contributed by atoms with E-state index in [1.54, 1.807) is 12.1 Å². The summed E-state index contributed by atoms with van der Waals surface area (Å²) in [6.45, 7) is 0. The second kappa shape index (κ2) is 15.6. The van der Waals surface area contributed by atoms with Crippen LogP contribution in [0.5, 0.6) is 0 Å². The summed E-state index contributed by atoms with van der Waals surface area (Å²) >= 11 is 0. The Hall–Kier alpha value is -6.14. The van der Waals surface area contributed by atoms with Gasteiger partial charge in [0.05, 0.1) is 22.3 Å². The molecule has 0 heterocycles. The van der Waals surface area contributed by atoms with Crippen molar-refractivity contribution in [2.24, 2.45) is 0 Å². The molecule has 7 heteroatoms. The van der Waals surface area contributed by atoms with E-state index in [1.807, 2.05) is 158 Å². The standard InChI is InChI=1S/2C22H16NO2.Cu/c2*24-21-17-13-7-8-14-18(17)22(25)19(21)20(15-9-3-1-4-10-15)23-16-11-5-2-6-12-16;/h2*1-14,20H,(H,24,25);/q2*-1;+2/p+2. The molecule has 6 aromatic rings. The third kappa shape index (κ3) is 7.12. The van der Waals surface area contributed by atoms with Gasteiger partial charge in [-0.3, -0.25) is 9.59 Å². The van der Waals surface area contributed by atoms with Crippen LogP contribution in [0.15, 0.2) is 181 Å². The van der Waals surface area contributed by atoms with Crippen molar-refractivity contribution < 1.29 is 36.9 Å². The molecule has 6 nitrogen and oxygen atoms in total. The Morgan fingerprint density at radius 1 is 0.373 bits per heavy atom. The van der Waals surface area contributed by atoms with Crippen LogP contribution in [0.25, 0.3) is 22.2 Å². The van der Waals surface area contributed by atoms with Crippen LogP contribution in [0, 0.1) is 0 Å². The predicted molar refractivity (Wildman–Crippen MR) is 200 cm³/mol. The Morgan fingerprint density at radius 3 is 0.961 bits per heavy atom. The fourth-order valence-electron chi connectivity index (χ4n) is 6.34. The minimum absolute atomic E-state index is 0. The molecule has 1 radical (unpaired) electrons. The van der Waals surface area contributed by atoms with Crippen LogP contribution in [-0.2, 0) is 17.1 Å². The molecule has 0 bridgehead atoms. The molecule has 8 rings (SSSR count). The first-order chi connectivity index (χ1) is 24.5. The van der Waals surface area contributed by atoms with Crippen LogP contribution in [0.2, 0.25) is 0 Å². The molecule has 0 saturated carbocycles. The van der Waals surface area contributed by atoms with Crippen molar-refractivity contribution in [1.29, 1.82) is 0 Å². The van der Waals surface area contributed by atoms with Gasteiger partial charge in [0.2, 0.25) is 0 Å². The molecular weight excluding hydrogens is 684 g/mol. The summed E-state index contributed by atoms with van der Waals surface area (Å²) in [5, 5.41) is 26.7. The maximum atomic E-state index is 13.0. The van der Waals surface area contributed by atoms with Crippen molar-refractivity contribution in [3.8, 4) is 0 Å². The summed E-state index contributed by atoms with van der Waals surface area (Å²) in [5.74, 6) is 0.339. The number of Topliss-reactive ketones (excluding diaryl/α,β-unsaturated/α-hetero) is 2. The molecule has 51 heavy (non-hydrogen) atoms. The van der Waals surface area contributed by atoms with Gasteiger partial charge in [0.25, 0.3) is 11.5 Å². The van der Waals surface area contributed by atoms with Crippen LogP contribution < -0.4 is 0 Å². The fraction of sp³-hybridized carbons (Fsp3) is 0.0455. The fourth-order valence-corrected chi connectivity index (χ4v) is 6.34. The number of carbonyl (C=O) groups excluding carboxylic acids is 2. The van der Waals surface area contributed by atoms with Crippen molar-refractivity contribution >= 4 is 34.5 Å². The van der Waals surface area contributed by atoms with Crippen molar-refractivity contribution in [3.63, 3.8) is 0 Å². The molecule has 2 aliphatic carbocycles. The Morgan fingerprint density at radius 2 is 0.647 bits per heavy atom. The van der Waals surface area contributed by atoms with Crippen LogP contribution >= 0.6 is 0 Å². The van der Waals surface area contributed by atoms with E-state index in [9.17, 15) is 9.59 Å². The zero-order valence-electron chi connectivity index (χ0n) is 27.3. The van der Waals surface area contributed by atoms with Gasteiger partial charge in [-0.2, -0.15) is 0 Å². The van der Waals surface area contributed by atoms with Gasteiger partial charge < -0.3 is 20.8 Å². The Kier molecular flexibility index (Phi) is 10.6. The maximum absolute atomic E-state index is 13.0. The topological polar surface area (TPSA) is 108 Å². The summed E-state index contributed by atoms with van der Waals surface area (Å²) in [4.78, 5) is 25.9. The minimum atomic E-state index is -0.490. The number of rotatable bonds is 8. The first kappa shape index (κ1) is 34.7. The molecule has 2 atom stereocenters. The van der Waals surface area contributed by atoms with Crippen LogP contribution in [-0.4, -0.2) is 21.8 Å². The number of benzene rings is 6. The second-order valence-corrected chi connectivity index (χ2v) is 11.9. The second-order valence-electron chi connectivity index (χ2n) is 11.9. The van der Waals surface area contributed by atoms with E-state index in [4.69, 9.17) is 20.8 Å². The Bertz CT molecular complexity index is 2060. The molecule has 0 spiro atoms. The third-order valence-corrected chi connectivity index (χ3v) is 8.76. The quantitative estimate of drug-likeness (QED) is 0.115. The normalized spacial score (nSPS) is 14.0. The SMILES string of the molecule is O=C1C(C([N-]c2ccccc2)c2ccccc2)=C([OH2+])c2ccccc21.O=C1C(C([N-]c2ccccc2)c2ccccc2)=C([OH2+])c2ccccc21.[Cu+2]. The average molecular weight is 718 g/mol. The molecule has 2 unspecified atom stereocenters. The molecule has 2 aliphatic rings. The molecule has 0 fully saturated rings. The molecule has 4 N–H and O–H groups in total. The number of nitrogens with zero attached hydrogens (tertiary/aromatic N) is 2. The van der Waals surface area contributed by atoms with E-state index in [1.165, 1.54) is 0 Å². The zero-order chi connectivity index (χ0) is 34.5. The number of fused-ring (bicyclic) bond motifs is 2. The number of hydrogen-bond donors (Lipinski definition) is 0. The van der Waals surface area contributed by atoms with Gasteiger partial charge in [0.15, 0.2) is 11.6 Å². The van der Waals surface area contributed by atoms with Gasteiger partial charge in [0, 0.05) is 11.1 Å². The van der Waals surface area contributed by atoms with Gasteiger partial charge >= 0.3 is 17.1 Å². The molecule has 0 aliphatic heterocycles.